The molecule has 3 heteroatoms. The van der Waals surface area contributed by atoms with E-state index in [0.717, 1.165) is 28.9 Å². The fraction of sp³-hybridized carbons (Fsp3) is 0.235. The molecule has 0 unspecified atom stereocenters. The molecule has 0 fully saturated rings. The van der Waals surface area contributed by atoms with Crippen LogP contribution in [0.5, 0.6) is 11.5 Å². The summed E-state index contributed by atoms with van der Waals surface area (Å²) in [6.07, 6.45) is 1.41. The minimum absolute atomic E-state index is 0.0595. The van der Waals surface area contributed by atoms with Gasteiger partial charge in [-0.05, 0) is 35.4 Å². The van der Waals surface area contributed by atoms with E-state index in [4.69, 9.17) is 9.47 Å². The number of hydrogen-bond acceptors (Lipinski definition) is 3. The van der Waals surface area contributed by atoms with Gasteiger partial charge in [0.15, 0.2) is 0 Å². The van der Waals surface area contributed by atoms with Crippen molar-refractivity contribution in [3.05, 3.63) is 59.7 Å². The summed E-state index contributed by atoms with van der Waals surface area (Å²) in [5.74, 6) is 1.69. The molecule has 3 nitrogen and oxygen atoms in total. The lowest BCUT2D eigenvalue weighted by Gasteiger charge is -2.16. The fourth-order valence-corrected chi connectivity index (χ4v) is 2.23. The molecule has 0 saturated carbocycles. The molecule has 2 rings (SSSR count). The van der Waals surface area contributed by atoms with E-state index in [-0.39, 0.29) is 5.92 Å². The predicted octanol–water partition coefficient (Wildman–Crippen LogP) is 3.42. The summed E-state index contributed by atoms with van der Waals surface area (Å²) in [5, 5.41) is 0. The average molecular weight is 270 g/mol. The first-order chi connectivity index (χ1) is 9.78. The molecule has 104 valence electrons. The van der Waals surface area contributed by atoms with Gasteiger partial charge < -0.3 is 14.3 Å². The number of ether oxygens (including phenoxy) is 2. The van der Waals surface area contributed by atoms with E-state index in [1.165, 1.54) is 0 Å². The second-order valence-electron chi connectivity index (χ2n) is 4.50. The molecule has 2 aromatic carbocycles. The van der Waals surface area contributed by atoms with E-state index in [2.05, 4.69) is 0 Å². The molecule has 0 aliphatic rings. The van der Waals surface area contributed by atoms with Crippen molar-refractivity contribution in [3.8, 4) is 11.5 Å². The Morgan fingerprint density at radius 3 is 1.55 bits per heavy atom. The van der Waals surface area contributed by atoms with Crippen LogP contribution in [0.2, 0.25) is 0 Å². The molecule has 0 N–H and O–H groups in total. The van der Waals surface area contributed by atoms with Gasteiger partial charge in [-0.3, -0.25) is 0 Å². The molecule has 0 bridgehead atoms. The second-order valence-corrected chi connectivity index (χ2v) is 4.50. The van der Waals surface area contributed by atoms with E-state index < -0.39 is 0 Å². The van der Waals surface area contributed by atoms with Crippen LogP contribution in [0.4, 0.5) is 0 Å². The highest BCUT2D eigenvalue weighted by atomic mass is 16.5. The standard InChI is InChI=1S/C17H18O3/c1-19-15-7-3-13(4-8-15)17(11-12-18)14-5-9-16(20-2)10-6-14/h3-10,12,17H,11H2,1-2H3. The van der Waals surface area contributed by atoms with Crippen molar-refractivity contribution in [3.63, 3.8) is 0 Å². The Bertz CT molecular complexity index is 496. The van der Waals surface area contributed by atoms with Crippen LogP contribution >= 0.6 is 0 Å². The minimum atomic E-state index is 0.0595. The van der Waals surface area contributed by atoms with Crippen LogP contribution in [-0.2, 0) is 4.79 Å². The van der Waals surface area contributed by atoms with Crippen LogP contribution in [0.3, 0.4) is 0 Å². The average Bonchev–Trinajstić information content (AvgIpc) is 2.53. The molecule has 0 aliphatic carbocycles. The van der Waals surface area contributed by atoms with Gasteiger partial charge in [0.25, 0.3) is 0 Å². The van der Waals surface area contributed by atoms with Gasteiger partial charge in [0, 0.05) is 12.3 Å². The lowest BCUT2D eigenvalue weighted by atomic mass is 9.89. The van der Waals surface area contributed by atoms with E-state index >= 15 is 0 Å². The first kappa shape index (κ1) is 14.1. The number of carbonyl (C=O) groups excluding carboxylic acids is 1. The van der Waals surface area contributed by atoms with Crippen LogP contribution < -0.4 is 9.47 Å². The Balaban J connectivity index is 2.30. The fourth-order valence-electron chi connectivity index (χ4n) is 2.23. The van der Waals surface area contributed by atoms with Crippen molar-refractivity contribution in [2.24, 2.45) is 0 Å². The minimum Gasteiger partial charge on any atom is -0.497 e. The van der Waals surface area contributed by atoms with Gasteiger partial charge >= 0.3 is 0 Å². The molecule has 0 aliphatic heterocycles. The molecular weight excluding hydrogens is 252 g/mol. The van der Waals surface area contributed by atoms with Crippen LogP contribution in [0.1, 0.15) is 23.5 Å². The zero-order valence-electron chi connectivity index (χ0n) is 11.7. The molecular formula is C17H18O3. The van der Waals surface area contributed by atoms with Gasteiger partial charge in [-0.1, -0.05) is 24.3 Å². The Labute approximate surface area is 119 Å². The number of methoxy groups -OCH3 is 2. The third-order valence-corrected chi connectivity index (χ3v) is 3.37. The lowest BCUT2D eigenvalue weighted by molar-refractivity contribution is -0.108. The summed E-state index contributed by atoms with van der Waals surface area (Å²) in [6, 6.07) is 15.6. The van der Waals surface area contributed by atoms with E-state index in [0.29, 0.717) is 6.42 Å². The van der Waals surface area contributed by atoms with Gasteiger partial charge in [-0.15, -0.1) is 0 Å². The number of benzene rings is 2. The quantitative estimate of drug-likeness (QED) is 0.754. The van der Waals surface area contributed by atoms with Crippen molar-refractivity contribution >= 4 is 6.29 Å². The van der Waals surface area contributed by atoms with Crippen molar-refractivity contribution < 1.29 is 14.3 Å². The third kappa shape index (κ3) is 3.18. The van der Waals surface area contributed by atoms with Crippen molar-refractivity contribution in [1.29, 1.82) is 0 Å². The number of carbonyl (C=O) groups is 1. The largest absolute Gasteiger partial charge is 0.497 e. The summed E-state index contributed by atoms with van der Waals surface area (Å²) in [6.45, 7) is 0. The topological polar surface area (TPSA) is 35.5 Å². The van der Waals surface area contributed by atoms with Crippen LogP contribution in [-0.4, -0.2) is 20.5 Å². The maximum absolute atomic E-state index is 11.0. The van der Waals surface area contributed by atoms with Gasteiger partial charge in [0.1, 0.15) is 17.8 Å². The maximum atomic E-state index is 11.0. The first-order valence-electron chi connectivity index (χ1n) is 6.50. The number of rotatable bonds is 6. The van der Waals surface area contributed by atoms with Crippen molar-refractivity contribution in [1.82, 2.24) is 0 Å². The van der Waals surface area contributed by atoms with Crippen molar-refractivity contribution in [2.75, 3.05) is 14.2 Å². The highest BCUT2D eigenvalue weighted by molar-refractivity contribution is 5.54. The van der Waals surface area contributed by atoms with E-state index in [1.807, 2.05) is 48.5 Å². The summed E-state index contributed by atoms with van der Waals surface area (Å²) in [5.41, 5.74) is 2.20. The second kappa shape index (κ2) is 6.75. The molecule has 0 atom stereocenters. The molecule has 0 heterocycles. The smallest absolute Gasteiger partial charge is 0.120 e. The molecule has 20 heavy (non-hydrogen) atoms. The number of hydrogen-bond donors (Lipinski definition) is 0. The number of aldehydes is 1. The molecule has 0 aromatic heterocycles. The Morgan fingerprint density at radius 2 is 1.25 bits per heavy atom. The molecule has 2 aromatic rings. The predicted molar refractivity (Wildman–Crippen MR) is 78.5 cm³/mol. The summed E-state index contributed by atoms with van der Waals surface area (Å²) >= 11 is 0. The Kier molecular flexibility index (Phi) is 4.77. The van der Waals surface area contributed by atoms with E-state index in [9.17, 15) is 4.79 Å². The molecule has 0 spiro atoms. The molecule has 0 saturated heterocycles. The maximum Gasteiger partial charge on any atom is 0.120 e. The Morgan fingerprint density at radius 1 is 0.850 bits per heavy atom. The SMILES string of the molecule is COc1ccc(C(CC=O)c2ccc(OC)cc2)cc1. The van der Waals surface area contributed by atoms with E-state index in [1.54, 1.807) is 14.2 Å². The summed E-state index contributed by atoms with van der Waals surface area (Å²) in [4.78, 5) is 11.0. The zero-order chi connectivity index (χ0) is 14.4. The summed E-state index contributed by atoms with van der Waals surface area (Å²) in [7, 11) is 3.28. The molecule has 0 radical (unpaired) electrons. The van der Waals surface area contributed by atoms with Gasteiger partial charge in [-0.2, -0.15) is 0 Å². The van der Waals surface area contributed by atoms with Gasteiger partial charge in [-0.25, -0.2) is 0 Å². The zero-order valence-corrected chi connectivity index (χ0v) is 11.7. The molecule has 0 amide bonds. The van der Waals surface area contributed by atoms with Crippen LogP contribution in [0.25, 0.3) is 0 Å². The van der Waals surface area contributed by atoms with Gasteiger partial charge in [0.05, 0.1) is 14.2 Å². The monoisotopic (exact) mass is 270 g/mol. The Hall–Kier alpha value is -2.29. The van der Waals surface area contributed by atoms with Crippen molar-refractivity contribution in [2.45, 2.75) is 12.3 Å². The lowest BCUT2D eigenvalue weighted by Crippen LogP contribution is -2.02. The summed E-state index contributed by atoms with van der Waals surface area (Å²) < 4.78 is 10.3. The normalized spacial score (nSPS) is 10.3. The van der Waals surface area contributed by atoms with Gasteiger partial charge in [0.2, 0.25) is 0 Å². The highest BCUT2D eigenvalue weighted by Gasteiger charge is 2.14. The first-order valence-corrected chi connectivity index (χ1v) is 6.50. The van der Waals surface area contributed by atoms with Crippen LogP contribution in [0, 0.1) is 0 Å². The highest BCUT2D eigenvalue weighted by Crippen LogP contribution is 2.29. The third-order valence-electron chi connectivity index (χ3n) is 3.37. The van der Waals surface area contributed by atoms with Crippen LogP contribution in [0.15, 0.2) is 48.5 Å².